The summed E-state index contributed by atoms with van der Waals surface area (Å²) in [6, 6.07) is -1.65. The molecule has 4 N–H and O–H groups in total. The van der Waals surface area contributed by atoms with Crippen LogP contribution in [0.2, 0.25) is 0 Å². The quantitative estimate of drug-likeness (QED) is 0.154. The van der Waals surface area contributed by atoms with Crippen LogP contribution in [-0.2, 0) is 35.4 Å². The topological polar surface area (TPSA) is 171 Å². The smallest absolute Gasteiger partial charge is 0.315 e. The number of carbonyl (C=O) groups excluding carboxylic acids is 5. The van der Waals surface area contributed by atoms with E-state index >= 15 is 0 Å². The lowest BCUT2D eigenvalue weighted by atomic mass is 9.74. The normalized spacial score (nSPS) is 23.5. The molecule has 53 heavy (non-hydrogen) atoms. The highest BCUT2D eigenvalue weighted by Gasteiger charge is 2.47. The SMILES string of the molecule is C=CCNC(=O)C(=O)C(CCC)NC(=O)[C@@H]1C[C@@H](C(C)C)CN1C(=O)[C@@H](NC(=O)NC1(CC2CCS(=O)(=O)c3ccsc3C2)CCCCC1)C(C)(C)C. The van der Waals surface area contributed by atoms with Gasteiger partial charge < -0.3 is 26.2 Å². The van der Waals surface area contributed by atoms with Crippen LogP contribution in [0.25, 0.3) is 0 Å². The van der Waals surface area contributed by atoms with Crippen molar-refractivity contribution in [2.45, 2.75) is 141 Å². The number of amides is 5. The van der Waals surface area contributed by atoms with E-state index < -0.39 is 62.5 Å². The molecule has 1 aliphatic carbocycles. The van der Waals surface area contributed by atoms with Crippen molar-refractivity contribution in [2.75, 3.05) is 18.8 Å². The van der Waals surface area contributed by atoms with Gasteiger partial charge in [0.1, 0.15) is 12.1 Å². The van der Waals surface area contributed by atoms with Crippen LogP contribution in [-0.4, -0.2) is 85.4 Å². The molecule has 3 heterocycles. The highest BCUT2D eigenvalue weighted by atomic mass is 32.2. The van der Waals surface area contributed by atoms with Crippen molar-refractivity contribution in [1.29, 1.82) is 0 Å². The molecule has 0 spiro atoms. The first-order valence-corrected chi connectivity index (χ1v) is 21.9. The standard InChI is InChI=1S/C39H61N5O7S2/c1-8-13-28(32(45)35(47)40-18-9-2)41-34(46)29-22-27(25(3)4)24-44(29)36(48)33(38(5,6)7)42-37(49)43-39(16-11-10-12-17-39)23-26-15-20-53(50,51)31-14-19-52-30(31)21-26/h9,14,19,25-29,33H,2,8,10-13,15-18,20-24H2,1,3-7H3,(H,40,47)(H,41,46)(H2,42,43,49)/t26?,27-,28?,29+,33-/m1/s1. The molecule has 1 saturated heterocycles. The Bertz CT molecular complexity index is 1610. The average molecular weight is 776 g/mol. The molecule has 14 heteroatoms. The van der Waals surface area contributed by atoms with Crippen molar-refractivity contribution < 1.29 is 32.4 Å². The number of hydrogen-bond acceptors (Lipinski definition) is 8. The van der Waals surface area contributed by atoms with E-state index in [0.717, 1.165) is 37.0 Å². The summed E-state index contributed by atoms with van der Waals surface area (Å²) in [5.41, 5.74) is -1.26. The van der Waals surface area contributed by atoms with E-state index in [2.05, 4.69) is 27.8 Å². The molecule has 12 nitrogen and oxygen atoms in total. The molecule has 4 rings (SSSR count). The Labute approximate surface area is 320 Å². The van der Waals surface area contributed by atoms with Crippen LogP contribution in [0.1, 0.15) is 111 Å². The summed E-state index contributed by atoms with van der Waals surface area (Å²) in [7, 11) is -3.34. The highest BCUT2D eigenvalue weighted by Crippen LogP contribution is 2.39. The molecular weight excluding hydrogens is 715 g/mol. The number of nitrogens with zero attached hydrogens (tertiary/aromatic N) is 1. The number of rotatable bonds is 14. The van der Waals surface area contributed by atoms with Crippen LogP contribution in [0.4, 0.5) is 4.79 Å². The number of likely N-dealkylation sites (tertiary alicyclic amines) is 1. The van der Waals surface area contributed by atoms with Gasteiger partial charge in [-0.1, -0.05) is 73.3 Å². The first-order valence-electron chi connectivity index (χ1n) is 19.3. The lowest BCUT2D eigenvalue weighted by molar-refractivity contribution is -0.143. The number of ketones is 1. The van der Waals surface area contributed by atoms with Gasteiger partial charge in [-0.25, -0.2) is 13.2 Å². The lowest BCUT2D eigenvalue weighted by Crippen LogP contribution is -2.62. The Balaban J connectivity index is 1.53. The largest absolute Gasteiger partial charge is 0.346 e. The summed E-state index contributed by atoms with van der Waals surface area (Å²) in [5.74, 6) is -2.08. The summed E-state index contributed by atoms with van der Waals surface area (Å²) in [5, 5.41) is 13.4. The van der Waals surface area contributed by atoms with E-state index in [1.54, 1.807) is 11.0 Å². The third-order valence-corrected chi connectivity index (χ3v) is 14.2. The number of sulfone groups is 1. The first kappa shape index (κ1) is 42.5. The number of carbonyl (C=O) groups is 5. The van der Waals surface area contributed by atoms with E-state index in [1.807, 2.05) is 46.9 Å². The van der Waals surface area contributed by atoms with Crippen LogP contribution in [0.15, 0.2) is 29.0 Å². The van der Waals surface area contributed by atoms with Gasteiger partial charge in [-0.2, -0.15) is 0 Å². The first-order chi connectivity index (χ1) is 24.9. The van der Waals surface area contributed by atoms with Gasteiger partial charge in [0.25, 0.3) is 5.91 Å². The second-order valence-corrected chi connectivity index (χ2v) is 19.9. The summed E-state index contributed by atoms with van der Waals surface area (Å²) in [6.45, 7) is 15.6. The van der Waals surface area contributed by atoms with E-state index in [9.17, 15) is 32.4 Å². The molecule has 2 unspecified atom stereocenters. The molecule has 5 amide bonds. The van der Waals surface area contributed by atoms with Gasteiger partial charge in [0.15, 0.2) is 9.84 Å². The van der Waals surface area contributed by atoms with E-state index in [1.165, 1.54) is 17.4 Å². The van der Waals surface area contributed by atoms with Gasteiger partial charge in [-0.15, -0.1) is 17.9 Å². The van der Waals surface area contributed by atoms with Crippen LogP contribution in [0, 0.1) is 23.2 Å². The van der Waals surface area contributed by atoms with Gasteiger partial charge in [0.05, 0.1) is 16.7 Å². The molecule has 2 fully saturated rings. The molecule has 1 saturated carbocycles. The van der Waals surface area contributed by atoms with Crippen molar-refractivity contribution in [3.05, 3.63) is 29.0 Å². The summed E-state index contributed by atoms with van der Waals surface area (Å²) < 4.78 is 25.9. The highest BCUT2D eigenvalue weighted by molar-refractivity contribution is 7.91. The van der Waals surface area contributed by atoms with Gasteiger partial charge in [-0.3, -0.25) is 19.2 Å². The van der Waals surface area contributed by atoms with Crippen LogP contribution in [0.5, 0.6) is 0 Å². The Hall–Kier alpha value is -3.26. The van der Waals surface area contributed by atoms with E-state index in [0.29, 0.717) is 43.5 Å². The molecule has 1 aromatic rings. The maximum absolute atomic E-state index is 14.6. The number of thiophene rings is 1. The number of urea groups is 1. The van der Waals surface area contributed by atoms with Gasteiger partial charge in [-0.05, 0) is 79.6 Å². The molecule has 5 atom stereocenters. The monoisotopic (exact) mass is 775 g/mol. The van der Waals surface area contributed by atoms with Crippen LogP contribution >= 0.6 is 11.3 Å². The predicted molar refractivity (Wildman–Crippen MR) is 207 cm³/mol. The molecule has 0 radical (unpaired) electrons. The van der Waals surface area contributed by atoms with Crippen molar-refractivity contribution >= 4 is 50.7 Å². The van der Waals surface area contributed by atoms with E-state index in [4.69, 9.17) is 0 Å². The fourth-order valence-corrected chi connectivity index (χ4v) is 11.3. The molecule has 0 bridgehead atoms. The van der Waals surface area contributed by atoms with Crippen LogP contribution in [0.3, 0.4) is 0 Å². The second kappa shape index (κ2) is 17.9. The number of hydrogen-bond donors (Lipinski definition) is 4. The maximum Gasteiger partial charge on any atom is 0.315 e. The van der Waals surface area contributed by atoms with Crippen molar-refractivity contribution in [3.63, 3.8) is 0 Å². The number of Topliss-reactive ketones (excluding diaryl/α,β-unsaturated/α-hetero) is 1. The fourth-order valence-electron chi connectivity index (χ4n) is 8.19. The summed E-state index contributed by atoms with van der Waals surface area (Å²) in [6.07, 6.45) is 8.97. The molecule has 3 aliphatic rings. The second-order valence-electron chi connectivity index (χ2n) is 16.8. The molecule has 0 aromatic carbocycles. The third kappa shape index (κ3) is 10.7. The predicted octanol–water partition coefficient (Wildman–Crippen LogP) is 4.92. The van der Waals surface area contributed by atoms with Gasteiger partial charge >= 0.3 is 6.03 Å². The Morgan fingerprint density at radius 3 is 2.42 bits per heavy atom. The molecule has 296 valence electrons. The number of fused-ring (bicyclic) bond motifs is 1. The van der Waals surface area contributed by atoms with Crippen LogP contribution < -0.4 is 21.3 Å². The van der Waals surface area contributed by atoms with Gasteiger partial charge in [0, 0.05) is 23.5 Å². The third-order valence-electron chi connectivity index (χ3n) is 11.3. The zero-order valence-corrected chi connectivity index (χ0v) is 34.1. The summed E-state index contributed by atoms with van der Waals surface area (Å²) >= 11 is 1.47. The van der Waals surface area contributed by atoms with Crippen molar-refractivity contribution in [2.24, 2.45) is 23.2 Å². The summed E-state index contributed by atoms with van der Waals surface area (Å²) in [4.78, 5) is 70.9. The molecule has 1 aromatic heterocycles. The van der Waals surface area contributed by atoms with Crippen molar-refractivity contribution in [3.8, 4) is 0 Å². The lowest BCUT2D eigenvalue weighted by Gasteiger charge is -2.42. The molecular formula is C39H61N5O7S2. The minimum absolute atomic E-state index is 0.0121. The minimum atomic E-state index is -3.34. The Morgan fingerprint density at radius 2 is 1.79 bits per heavy atom. The molecule has 2 aliphatic heterocycles. The minimum Gasteiger partial charge on any atom is -0.346 e. The van der Waals surface area contributed by atoms with Crippen molar-refractivity contribution in [1.82, 2.24) is 26.2 Å². The van der Waals surface area contributed by atoms with E-state index in [-0.39, 0.29) is 42.4 Å². The Kier molecular flexibility index (Phi) is 14.4. The average Bonchev–Trinajstić information content (AvgIpc) is 3.74. The number of nitrogens with one attached hydrogen (secondary N) is 4. The van der Waals surface area contributed by atoms with Gasteiger partial charge in [0.2, 0.25) is 17.6 Å². The zero-order chi connectivity index (χ0) is 39.1. The Morgan fingerprint density at radius 1 is 1.09 bits per heavy atom. The zero-order valence-electron chi connectivity index (χ0n) is 32.4. The fraction of sp³-hybridized carbons (Fsp3) is 0.718. The maximum atomic E-state index is 14.6.